The van der Waals surface area contributed by atoms with E-state index in [0.717, 1.165) is 4.89 Å². The van der Waals surface area contributed by atoms with Gasteiger partial charge in [0.2, 0.25) is 5.91 Å². The first-order valence-electron chi connectivity index (χ1n) is 5.87. The zero-order chi connectivity index (χ0) is 15.6. The van der Waals surface area contributed by atoms with E-state index in [1.807, 2.05) is 0 Å². The Kier molecular flexibility index (Phi) is 4.47. The Morgan fingerprint density at radius 1 is 1.43 bits per heavy atom. The summed E-state index contributed by atoms with van der Waals surface area (Å²) in [5.41, 5.74) is -0.209. The molecule has 1 aliphatic rings. The number of piperazine rings is 1. The number of carbonyl (C=O) groups excluding carboxylic acids is 2. The van der Waals surface area contributed by atoms with Crippen LogP contribution in [0.25, 0.3) is 0 Å². The second-order valence-corrected chi connectivity index (χ2v) is 6.29. The molecular weight excluding hydrogens is 322 g/mol. The predicted molar refractivity (Wildman–Crippen MR) is 72.5 cm³/mol. The molecule has 0 aliphatic carbocycles. The van der Waals surface area contributed by atoms with Gasteiger partial charge in [-0.2, -0.15) is 0 Å². The first-order valence-corrected chi connectivity index (χ1v) is 7.73. The highest BCUT2D eigenvalue weighted by Gasteiger charge is 2.29. The fourth-order valence-electron chi connectivity index (χ4n) is 1.98. The minimum Gasteiger partial charge on any atom is -0.353 e. The maximum Gasteiger partial charge on any atom is 0.264 e. The number of nitrogens with one attached hydrogen (secondary N) is 2. The number of benzene rings is 1. The number of halogens is 1. The molecule has 2 rings (SSSR count). The molecule has 1 aromatic rings. The maximum atomic E-state index is 12.4. The summed E-state index contributed by atoms with van der Waals surface area (Å²) in [6.07, 6.45) is 0. The van der Waals surface area contributed by atoms with Crippen molar-refractivity contribution in [3.05, 3.63) is 28.8 Å². The normalized spacial score (nSPS) is 15.7. The standard InChI is InChI=1S/C11H12ClN3O5S/c12-8-3-1-2-7(10(8)21(19,20)14-18)11(17)15-5-4-13-9(16)6-15/h1-3,14,18H,4-6H2,(H,13,16). The molecule has 1 aromatic carbocycles. The van der Waals surface area contributed by atoms with E-state index in [9.17, 15) is 18.0 Å². The quantitative estimate of drug-likeness (QED) is 0.650. The smallest absolute Gasteiger partial charge is 0.264 e. The van der Waals surface area contributed by atoms with E-state index in [0.29, 0.717) is 0 Å². The van der Waals surface area contributed by atoms with Gasteiger partial charge in [-0.05, 0) is 12.1 Å². The van der Waals surface area contributed by atoms with Crippen LogP contribution in [0.2, 0.25) is 5.02 Å². The van der Waals surface area contributed by atoms with Gasteiger partial charge in [-0.1, -0.05) is 22.6 Å². The van der Waals surface area contributed by atoms with Crippen LogP contribution in [-0.4, -0.2) is 50.0 Å². The predicted octanol–water partition coefficient (Wildman–Crippen LogP) is -0.420. The summed E-state index contributed by atoms with van der Waals surface area (Å²) in [4.78, 5) is 25.5. The molecule has 0 radical (unpaired) electrons. The van der Waals surface area contributed by atoms with Gasteiger partial charge in [0.1, 0.15) is 4.90 Å². The number of amides is 2. The van der Waals surface area contributed by atoms with Crippen LogP contribution in [0.1, 0.15) is 10.4 Å². The van der Waals surface area contributed by atoms with Crippen molar-refractivity contribution < 1.29 is 23.2 Å². The molecule has 0 saturated carbocycles. The molecule has 10 heteroatoms. The van der Waals surface area contributed by atoms with Crippen molar-refractivity contribution >= 4 is 33.4 Å². The first-order chi connectivity index (χ1) is 9.86. The Labute approximate surface area is 125 Å². The largest absolute Gasteiger partial charge is 0.353 e. The van der Waals surface area contributed by atoms with Crippen LogP contribution >= 0.6 is 11.6 Å². The maximum absolute atomic E-state index is 12.4. The van der Waals surface area contributed by atoms with Gasteiger partial charge in [0, 0.05) is 13.1 Å². The second-order valence-electron chi connectivity index (χ2n) is 4.29. The molecule has 1 saturated heterocycles. The van der Waals surface area contributed by atoms with E-state index >= 15 is 0 Å². The molecule has 0 spiro atoms. The van der Waals surface area contributed by atoms with Gasteiger partial charge >= 0.3 is 0 Å². The van der Waals surface area contributed by atoms with Gasteiger partial charge in [0.25, 0.3) is 15.9 Å². The molecule has 1 fully saturated rings. The molecule has 8 nitrogen and oxygen atoms in total. The third-order valence-corrected chi connectivity index (χ3v) is 4.56. The number of sulfonamides is 1. The SMILES string of the molecule is O=C1CN(C(=O)c2cccc(Cl)c2S(=O)(=O)NO)CCN1. The van der Waals surface area contributed by atoms with Crippen molar-refractivity contribution in [2.24, 2.45) is 0 Å². The zero-order valence-electron chi connectivity index (χ0n) is 10.7. The summed E-state index contributed by atoms with van der Waals surface area (Å²) in [5.74, 6) is -0.984. The number of nitrogens with zero attached hydrogens (tertiary/aromatic N) is 1. The van der Waals surface area contributed by atoms with Crippen molar-refractivity contribution in [2.45, 2.75) is 4.90 Å². The van der Waals surface area contributed by atoms with Crippen LogP contribution in [0.4, 0.5) is 0 Å². The van der Waals surface area contributed by atoms with E-state index in [-0.39, 0.29) is 36.1 Å². The van der Waals surface area contributed by atoms with Crippen molar-refractivity contribution in [3.63, 3.8) is 0 Å². The Bertz CT molecular complexity index is 691. The van der Waals surface area contributed by atoms with Crippen LogP contribution < -0.4 is 10.2 Å². The molecule has 1 aliphatic heterocycles. The van der Waals surface area contributed by atoms with Gasteiger partial charge in [-0.25, -0.2) is 8.42 Å². The monoisotopic (exact) mass is 333 g/mol. The number of hydrogen-bond donors (Lipinski definition) is 3. The fraction of sp³-hybridized carbons (Fsp3) is 0.273. The van der Waals surface area contributed by atoms with E-state index in [1.165, 1.54) is 23.1 Å². The summed E-state index contributed by atoms with van der Waals surface area (Å²) in [7, 11) is -4.33. The van der Waals surface area contributed by atoms with Gasteiger partial charge < -0.3 is 15.4 Å². The minimum atomic E-state index is -4.33. The van der Waals surface area contributed by atoms with E-state index in [4.69, 9.17) is 16.8 Å². The van der Waals surface area contributed by atoms with Crippen molar-refractivity contribution in [1.29, 1.82) is 0 Å². The van der Waals surface area contributed by atoms with E-state index < -0.39 is 20.8 Å². The lowest BCUT2D eigenvalue weighted by atomic mass is 10.2. The molecule has 0 bridgehead atoms. The van der Waals surface area contributed by atoms with Gasteiger partial charge in [-0.15, -0.1) is 0 Å². The van der Waals surface area contributed by atoms with Crippen molar-refractivity contribution in [1.82, 2.24) is 15.1 Å². The van der Waals surface area contributed by atoms with E-state index in [1.54, 1.807) is 0 Å². The lowest BCUT2D eigenvalue weighted by molar-refractivity contribution is -0.123. The number of carbonyl (C=O) groups is 2. The Balaban J connectivity index is 2.47. The summed E-state index contributed by atoms with van der Waals surface area (Å²) < 4.78 is 23.6. The van der Waals surface area contributed by atoms with Crippen LogP contribution in [0, 0.1) is 0 Å². The summed E-state index contributed by atoms with van der Waals surface area (Å²) in [6, 6.07) is 3.96. The van der Waals surface area contributed by atoms with Crippen molar-refractivity contribution in [3.8, 4) is 0 Å². The topological polar surface area (TPSA) is 116 Å². The summed E-state index contributed by atoms with van der Waals surface area (Å²) >= 11 is 5.82. The van der Waals surface area contributed by atoms with Crippen LogP contribution in [-0.2, 0) is 14.8 Å². The van der Waals surface area contributed by atoms with Gasteiger partial charge in [-0.3, -0.25) is 9.59 Å². The fourth-order valence-corrected chi connectivity index (χ4v) is 3.32. The number of rotatable bonds is 3. The lowest BCUT2D eigenvalue weighted by Crippen LogP contribution is -2.50. The van der Waals surface area contributed by atoms with Gasteiger partial charge in [0.05, 0.1) is 17.1 Å². The molecule has 21 heavy (non-hydrogen) atoms. The molecular formula is C11H12ClN3O5S. The zero-order valence-corrected chi connectivity index (χ0v) is 12.2. The van der Waals surface area contributed by atoms with Gasteiger partial charge in [0.15, 0.2) is 0 Å². The highest BCUT2D eigenvalue weighted by Crippen LogP contribution is 2.26. The minimum absolute atomic E-state index is 0.169. The number of hydrogen-bond acceptors (Lipinski definition) is 5. The van der Waals surface area contributed by atoms with Crippen molar-refractivity contribution in [2.75, 3.05) is 19.6 Å². The molecule has 0 aromatic heterocycles. The van der Waals surface area contributed by atoms with E-state index in [2.05, 4.69) is 5.32 Å². The average Bonchev–Trinajstić information content (AvgIpc) is 2.46. The average molecular weight is 334 g/mol. The lowest BCUT2D eigenvalue weighted by Gasteiger charge is -2.27. The van der Waals surface area contributed by atoms with Crippen LogP contribution in [0.5, 0.6) is 0 Å². The molecule has 0 atom stereocenters. The third-order valence-electron chi connectivity index (χ3n) is 2.91. The Hall–Kier alpha value is -1.68. The highest BCUT2D eigenvalue weighted by molar-refractivity contribution is 7.89. The molecule has 114 valence electrons. The summed E-state index contributed by atoms with van der Waals surface area (Å²) in [6.45, 7) is 0.367. The third kappa shape index (κ3) is 3.16. The first kappa shape index (κ1) is 15.7. The second kappa shape index (κ2) is 5.98. The molecule has 2 amide bonds. The molecule has 3 N–H and O–H groups in total. The molecule has 0 unspecified atom stereocenters. The Morgan fingerprint density at radius 2 is 2.14 bits per heavy atom. The van der Waals surface area contributed by atoms with Crippen LogP contribution in [0.3, 0.4) is 0 Å². The summed E-state index contributed by atoms with van der Waals surface area (Å²) in [5, 5.41) is 11.1. The highest BCUT2D eigenvalue weighted by atomic mass is 35.5. The Morgan fingerprint density at radius 3 is 2.76 bits per heavy atom. The van der Waals surface area contributed by atoms with Crippen LogP contribution in [0.15, 0.2) is 23.1 Å². The molecule has 1 heterocycles.